The van der Waals surface area contributed by atoms with Crippen molar-refractivity contribution in [1.82, 2.24) is 0 Å². The average Bonchev–Trinajstić information content (AvgIpc) is 2.45. The number of likely N-dealkylation sites (N-methyl/N-ethyl adjacent to an activating group) is 2. The summed E-state index contributed by atoms with van der Waals surface area (Å²) in [5.41, 5.74) is 0. The minimum atomic E-state index is 0.459. The van der Waals surface area contributed by atoms with Crippen LogP contribution in [0.25, 0.3) is 0 Å². The lowest BCUT2D eigenvalue weighted by atomic mass is 9.88. The predicted molar refractivity (Wildman–Crippen MR) is 103 cm³/mol. The summed E-state index contributed by atoms with van der Waals surface area (Å²) in [6.45, 7) is 6.06. The van der Waals surface area contributed by atoms with Crippen LogP contribution in [0.15, 0.2) is 0 Å². The molecule has 0 aromatic rings. The van der Waals surface area contributed by atoms with Gasteiger partial charge in [0.15, 0.2) is 12.1 Å². The minimum absolute atomic E-state index is 0.459. The van der Waals surface area contributed by atoms with E-state index in [0.717, 1.165) is 23.0 Å². The van der Waals surface area contributed by atoms with Crippen LogP contribution in [0.1, 0.15) is 12.8 Å². The van der Waals surface area contributed by atoms with Gasteiger partial charge >= 0.3 is 0 Å². The topological polar surface area (TPSA) is 9.23 Å². The Morgan fingerprint density at radius 2 is 1.62 bits per heavy atom. The molecule has 0 saturated carbocycles. The molecule has 0 N–H and O–H groups in total. The Bertz CT molecular complexity index is 452. The van der Waals surface area contributed by atoms with Crippen molar-refractivity contribution in [2.75, 3.05) is 86.6 Å². The fourth-order valence-corrected chi connectivity index (χ4v) is 6.92. The first-order valence-corrected chi connectivity index (χ1v) is 10.9. The van der Waals surface area contributed by atoms with E-state index in [0.29, 0.717) is 12.1 Å². The van der Waals surface area contributed by atoms with Crippen molar-refractivity contribution in [3.05, 3.63) is 0 Å². The highest BCUT2D eigenvalue weighted by molar-refractivity contribution is 7.99. The molecule has 5 heteroatoms. The lowest BCUT2D eigenvalue weighted by Crippen LogP contribution is -2.72. The van der Waals surface area contributed by atoms with Gasteiger partial charge in [-0.05, 0) is 12.8 Å². The van der Waals surface area contributed by atoms with Gasteiger partial charge in [-0.2, -0.15) is 0 Å². The second kappa shape index (κ2) is 6.73. The molecule has 3 fully saturated rings. The molecule has 140 valence electrons. The highest BCUT2D eigenvalue weighted by atomic mass is 32.2. The molecule has 0 bridgehead atoms. The van der Waals surface area contributed by atoms with Gasteiger partial charge in [-0.15, -0.1) is 11.8 Å². The molecule has 4 nitrogen and oxygen atoms in total. The van der Waals surface area contributed by atoms with Crippen LogP contribution in [0.2, 0.25) is 0 Å². The molecule has 0 radical (unpaired) electrons. The minimum Gasteiger partial charge on any atom is -0.365 e. The van der Waals surface area contributed by atoms with Gasteiger partial charge in [0.25, 0.3) is 0 Å². The van der Waals surface area contributed by atoms with Crippen LogP contribution < -0.4 is 0 Å². The van der Waals surface area contributed by atoms with Crippen molar-refractivity contribution in [3.8, 4) is 0 Å². The van der Waals surface area contributed by atoms with Crippen molar-refractivity contribution in [2.24, 2.45) is 5.92 Å². The van der Waals surface area contributed by atoms with E-state index < -0.39 is 0 Å². The van der Waals surface area contributed by atoms with Gasteiger partial charge in [0, 0.05) is 11.7 Å². The number of morpholine rings is 1. The second-order valence-corrected chi connectivity index (χ2v) is 11.4. The maximum absolute atomic E-state index is 6.56. The molecule has 0 spiro atoms. The Labute approximate surface area is 153 Å². The molecule has 24 heavy (non-hydrogen) atoms. The van der Waals surface area contributed by atoms with E-state index in [-0.39, 0.29) is 0 Å². The lowest BCUT2D eigenvalue weighted by molar-refractivity contribution is -0.987. The van der Waals surface area contributed by atoms with Crippen LogP contribution in [0.5, 0.6) is 0 Å². The number of ether oxygens (including phenoxy) is 1. The van der Waals surface area contributed by atoms with Crippen molar-refractivity contribution >= 4 is 11.8 Å². The molecule has 3 rings (SSSR count). The normalized spacial score (nSPS) is 41.8. The van der Waals surface area contributed by atoms with Gasteiger partial charge in [0.1, 0.15) is 19.3 Å². The number of hydrogen-bond acceptors (Lipinski definition) is 2. The summed E-state index contributed by atoms with van der Waals surface area (Å²) < 4.78 is 10.0. The van der Waals surface area contributed by atoms with Gasteiger partial charge in [-0.1, -0.05) is 0 Å². The van der Waals surface area contributed by atoms with E-state index in [4.69, 9.17) is 4.74 Å². The SMILES string of the molecule is C[N+]1(C)CCCC(C2C[N+](C)(C)C(C3CSCC[N+]3(C)C)CO2)C1. The third-order valence-corrected chi connectivity index (χ3v) is 8.11. The fraction of sp³-hybridized carbons (Fsp3) is 1.00. The molecule has 3 saturated heterocycles. The van der Waals surface area contributed by atoms with Crippen molar-refractivity contribution < 1.29 is 18.2 Å². The molecule has 3 heterocycles. The van der Waals surface area contributed by atoms with Crippen LogP contribution in [-0.2, 0) is 4.74 Å². The average molecular weight is 359 g/mol. The van der Waals surface area contributed by atoms with Crippen molar-refractivity contribution in [2.45, 2.75) is 31.0 Å². The smallest absolute Gasteiger partial charge is 0.165 e. The summed E-state index contributed by atoms with van der Waals surface area (Å²) in [7, 11) is 14.5. The summed E-state index contributed by atoms with van der Waals surface area (Å²) >= 11 is 2.14. The molecular formula is C19H40N3OS+3. The first kappa shape index (κ1) is 19.0. The molecule has 4 unspecified atom stereocenters. The zero-order chi connectivity index (χ0) is 17.6. The monoisotopic (exact) mass is 358 g/mol. The lowest BCUT2D eigenvalue weighted by Gasteiger charge is -2.53. The van der Waals surface area contributed by atoms with Crippen LogP contribution >= 0.6 is 11.8 Å². The Hall–Kier alpha value is 0.190. The van der Waals surface area contributed by atoms with Gasteiger partial charge < -0.3 is 18.2 Å². The van der Waals surface area contributed by atoms with Crippen LogP contribution in [0.4, 0.5) is 0 Å². The molecule has 3 aliphatic rings. The quantitative estimate of drug-likeness (QED) is 0.692. The van der Waals surface area contributed by atoms with Gasteiger partial charge in [0.05, 0.1) is 67.7 Å². The zero-order valence-electron chi connectivity index (χ0n) is 16.8. The summed E-state index contributed by atoms with van der Waals surface area (Å²) in [6, 6.07) is 1.36. The fourth-order valence-electron chi connectivity index (χ4n) is 5.29. The third kappa shape index (κ3) is 3.96. The van der Waals surface area contributed by atoms with Crippen LogP contribution in [-0.4, -0.2) is 118 Å². The first-order chi connectivity index (χ1) is 11.1. The summed E-state index contributed by atoms with van der Waals surface area (Å²) in [6.07, 6.45) is 3.18. The predicted octanol–water partition coefficient (Wildman–Crippen LogP) is 1.51. The van der Waals surface area contributed by atoms with Gasteiger partial charge in [0.2, 0.25) is 0 Å². The highest BCUT2D eigenvalue weighted by Gasteiger charge is 2.51. The number of piperidine rings is 1. The third-order valence-electron chi connectivity index (χ3n) is 7.06. The standard InChI is InChI=1S/C19H40N3OS/c1-20(2)9-7-8-16(12-20)19-13-22(5,6)17(14-23-19)18-15-24-11-10-21(18,3)4/h16-19H,7-15H2,1-6H3/q+3. The van der Waals surface area contributed by atoms with Crippen molar-refractivity contribution in [3.63, 3.8) is 0 Å². The number of quaternary nitrogens is 3. The highest BCUT2D eigenvalue weighted by Crippen LogP contribution is 2.34. The maximum Gasteiger partial charge on any atom is 0.165 e. The Morgan fingerprint density at radius 1 is 0.875 bits per heavy atom. The van der Waals surface area contributed by atoms with E-state index in [1.165, 1.54) is 59.5 Å². The molecule has 0 aromatic carbocycles. The van der Waals surface area contributed by atoms with Gasteiger partial charge in [-0.25, -0.2) is 0 Å². The molecular weight excluding hydrogens is 318 g/mol. The second-order valence-electron chi connectivity index (χ2n) is 10.3. The van der Waals surface area contributed by atoms with E-state index in [1.807, 2.05) is 0 Å². The van der Waals surface area contributed by atoms with E-state index >= 15 is 0 Å². The maximum atomic E-state index is 6.56. The molecule has 0 aromatic heterocycles. The Kier molecular flexibility index (Phi) is 5.32. The molecule has 0 aliphatic carbocycles. The number of nitrogens with zero attached hydrogens (tertiary/aromatic N) is 3. The van der Waals surface area contributed by atoms with Crippen LogP contribution in [0.3, 0.4) is 0 Å². The van der Waals surface area contributed by atoms with Crippen LogP contribution in [0, 0.1) is 5.92 Å². The number of likely N-dealkylation sites (tertiary alicyclic amines) is 1. The van der Waals surface area contributed by atoms with E-state index in [9.17, 15) is 0 Å². The summed E-state index contributed by atoms with van der Waals surface area (Å²) in [5, 5.41) is 0. The van der Waals surface area contributed by atoms with Crippen molar-refractivity contribution in [1.29, 1.82) is 0 Å². The number of rotatable bonds is 2. The molecule has 3 aliphatic heterocycles. The van der Waals surface area contributed by atoms with E-state index in [2.05, 4.69) is 54.0 Å². The first-order valence-electron chi connectivity index (χ1n) is 9.77. The number of thioether (sulfide) groups is 1. The zero-order valence-corrected chi connectivity index (χ0v) is 17.6. The summed E-state index contributed by atoms with van der Waals surface area (Å²) in [4.78, 5) is 0. The molecule has 0 amide bonds. The Morgan fingerprint density at radius 3 is 2.25 bits per heavy atom. The molecule has 4 atom stereocenters. The largest absolute Gasteiger partial charge is 0.365 e. The summed E-state index contributed by atoms with van der Waals surface area (Å²) in [5.74, 6) is 3.35. The Balaban J connectivity index is 1.68. The van der Waals surface area contributed by atoms with E-state index in [1.54, 1.807) is 0 Å². The number of hydrogen-bond donors (Lipinski definition) is 0. The van der Waals surface area contributed by atoms with Gasteiger partial charge in [-0.3, -0.25) is 0 Å².